The Hall–Kier alpha value is -2.55. The van der Waals surface area contributed by atoms with Gasteiger partial charge < -0.3 is 14.7 Å². The van der Waals surface area contributed by atoms with Gasteiger partial charge in [0, 0.05) is 29.1 Å². The summed E-state index contributed by atoms with van der Waals surface area (Å²) in [7, 11) is -3.94. The molecule has 2 heterocycles. The number of sulfonamides is 1. The molecule has 0 aromatic heterocycles. The Kier molecular flexibility index (Phi) is 9.06. The van der Waals surface area contributed by atoms with Crippen LogP contribution in [0.15, 0.2) is 48.6 Å². The molecule has 2 aromatic carbocycles. The van der Waals surface area contributed by atoms with E-state index in [2.05, 4.69) is 21.8 Å². The molecule has 2 bridgehead atoms. The van der Waals surface area contributed by atoms with Crippen LogP contribution in [0.25, 0.3) is 0 Å². The molecule has 4 aliphatic rings. The molecule has 238 valence electrons. The van der Waals surface area contributed by atoms with Crippen LogP contribution < -0.4 is 14.4 Å². The second-order valence-corrected chi connectivity index (χ2v) is 15.9. The van der Waals surface area contributed by atoms with E-state index in [0.29, 0.717) is 37.3 Å². The van der Waals surface area contributed by atoms with Crippen molar-refractivity contribution in [3.05, 3.63) is 70.3 Å². The van der Waals surface area contributed by atoms with E-state index in [9.17, 15) is 18.3 Å². The predicted molar refractivity (Wildman–Crippen MR) is 175 cm³/mol. The lowest BCUT2D eigenvalue weighted by atomic mass is 9.68. The number of benzene rings is 2. The molecule has 1 amide bonds. The fourth-order valence-electron chi connectivity index (χ4n) is 7.95. The summed E-state index contributed by atoms with van der Waals surface area (Å²) in [6.07, 6.45) is 10.8. The van der Waals surface area contributed by atoms with Crippen LogP contribution in [0, 0.1) is 17.8 Å². The van der Waals surface area contributed by atoms with E-state index >= 15 is 0 Å². The van der Waals surface area contributed by atoms with Crippen LogP contribution in [0.4, 0.5) is 5.69 Å². The number of aliphatic hydroxyl groups excluding tert-OH is 1. The number of nitrogens with zero attached hydrogens (tertiary/aromatic N) is 1. The molecule has 44 heavy (non-hydrogen) atoms. The Morgan fingerprint density at radius 3 is 2.80 bits per heavy atom. The first kappa shape index (κ1) is 31.4. The fraction of sp³-hybridized carbons (Fsp3) is 0.571. The summed E-state index contributed by atoms with van der Waals surface area (Å²) in [5, 5.41) is 11.3. The third-order valence-corrected chi connectivity index (χ3v) is 12.8. The van der Waals surface area contributed by atoms with Gasteiger partial charge in [-0.25, -0.2) is 13.1 Å². The number of unbranched alkanes of at least 4 members (excludes halogenated alkanes) is 1. The van der Waals surface area contributed by atoms with Crippen molar-refractivity contribution in [3.8, 4) is 5.75 Å². The van der Waals surface area contributed by atoms with Crippen molar-refractivity contribution < 1.29 is 23.1 Å². The highest BCUT2D eigenvalue weighted by Gasteiger charge is 2.44. The average Bonchev–Trinajstić information content (AvgIpc) is 3.11. The van der Waals surface area contributed by atoms with Gasteiger partial charge in [-0.2, -0.15) is 0 Å². The molecule has 0 saturated heterocycles. The molecule has 2 N–H and O–H groups in total. The van der Waals surface area contributed by atoms with E-state index in [0.717, 1.165) is 62.2 Å². The number of carbonyl (C=O) groups excluding carboxylic acids is 1. The number of ether oxygens (including phenoxy) is 1. The molecular formula is C35H45ClN2O5S. The third kappa shape index (κ3) is 6.14. The van der Waals surface area contributed by atoms with Gasteiger partial charge in [-0.3, -0.25) is 4.79 Å². The van der Waals surface area contributed by atoms with Gasteiger partial charge >= 0.3 is 0 Å². The number of rotatable bonds is 3. The molecule has 7 nitrogen and oxygen atoms in total. The lowest BCUT2D eigenvalue weighted by Gasteiger charge is -2.45. The van der Waals surface area contributed by atoms with Gasteiger partial charge in [0.25, 0.3) is 5.91 Å². The van der Waals surface area contributed by atoms with Gasteiger partial charge in [0.05, 0.1) is 23.6 Å². The number of nitrogens with one attached hydrogen (secondary N) is 1. The second kappa shape index (κ2) is 12.7. The molecule has 6 atom stereocenters. The van der Waals surface area contributed by atoms with E-state index in [1.807, 2.05) is 38.1 Å². The van der Waals surface area contributed by atoms with Gasteiger partial charge in [0.2, 0.25) is 10.0 Å². The quantitative estimate of drug-likeness (QED) is 0.376. The number of hydrogen-bond donors (Lipinski definition) is 2. The molecule has 0 radical (unpaired) electrons. The molecule has 2 aliphatic carbocycles. The minimum absolute atomic E-state index is 0.126. The number of carbonyl (C=O) groups is 1. The Labute approximate surface area is 267 Å². The average molecular weight is 641 g/mol. The van der Waals surface area contributed by atoms with E-state index in [1.54, 1.807) is 12.1 Å². The summed E-state index contributed by atoms with van der Waals surface area (Å²) < 4.78 is 36.2. The minimum Gasteiger partial charge on any atom is -0.490 e. The van der Waals surface area contributed by atoms with Crippen molar-refractivity contribution in [2.75, 3.05) is 24.6 Å². The first-order valence-corrected chi connectivity index (χ1v) is 18.2. The zero-order chi connectivity index (χ0) is 31.1. The van der Waals surface area contributed by atoms with Gasteiger partial charge in [-0.1, -0.05) is 56.5 Å². The summed E-state index contributed by atoms with van der Waals surface area (Å²) in [5.74, 6) is 0.278. The number of amides is 1. The molecule has 2 aliphatic heterocycles. The van der Waals surface area contributed by atoms with Crippen molar-refractivity contribution >= 4 is 33.2 Å². The number of hydrogen-bond acceptors (Lipinski definition) is 6. The number of anilines is 1. The summed E-state index contributed by atoms with van der Waals surface area (Å²) >= 11 is 6.40. The van der Waals surface area contributed by atoms with Gasteiger partial charge in [0.15, 0.2) is 0 Å². The number of halogens is 1. The van der Waals surface area contributed by atoms with Crippen LogP contribution in [0.3, 0.4) is 0 Å². The Balaban J connectivity index is 1.41. The van der Waals surface area contributed by atoms with Gasteiger partial charge in [-0.05, 0) is 104 Å². The van der Waals surface area contributed by atoms with E-state index in [4.69, 9.17) is 16.3 Å². The number of allylic oxidation sites excluding steroid dienone is 1. The summed E-state index contributed by atoms with van der Waals surface area (Å²) in [5.41, 5.74) is 3.35. The first-order chi connectivity index (χ1) is 21.1. The molecule has 2 aromatic rings. The highest BCUT2D eigenvalue weighted by molar-refractivity contribution is 7.90. The second-order valence-electron chi connectivity index (χ2n) is 13.6. The highest BCUT2D eigenvalue weighted by atomic mass is 35.5. The van der Waals surface area contributed by atoms with Crippen molar-refractivity contribution in [1.29, 1.82) is 0 Å². The Morgan fingerprint density at radius 1 is 1.18 bits per heavy atom. The molecule has 1 saturated carbocycles. The van der Waals surface area contributed by atoms with Crippen LogP contribution in [0.5, 0.6) is 5.75 Å². The normalized spacial score (nSPS) is 32.3. The Bertz CT molecular complexity index is 1530. The van der Waals surface area contributed by atoms with Gasteiger partial charge in [0.1, 0.15) is 5.75 Å². The highest BCUT2D eigenvalue weighted by Crippen LogP contribution is 2.46. The van der Waals surface area contributed by atoms with Crippen LogP contribution in [-0.4, -0.2) is 50.5 Å². The van der Waals surface area contributed by atoms with Crippen LogP contribution in [0.2, 0.25) is 5.02 Å². The van der Waals surface area contributed by atoms with Crippen LogP contribution in [0.1, 0.15) is 86.7 Å². The topological polar surface area (TPSA) is 95.9 Å². The smallest absolute Gasteiger partial charge is 0.264 e. The minimum atomic E-state index is -3.94. The molecule has 0 unspecified atom stereocenters. The molecule has 9 heteroatoms. The maximum Gasteiger partial charge on any atom is 0.264 e. The van der Waals surface area contributed by atoms with Crippen molar-refractivity contribution in [3.63, 3.8) is 0 Å². The third-order valence-electron chi connectivity index (χ3n) is 10.6. The SMILES string of the molecule is CCCC[C@@H]1[C@@H](C)C/C=C/[C@H](O)[C@@H]2CC[C@H]2CN2C[C@@]3(CCCc4cc(Cl)ccc43)COc3ccc(cc32)C(=O)NS1(=O)=O. The monoisotopic (exact) mass is 640 g/mol. The molecule has 1 fully saturated rings. The molecule has 1 spiro atoms. The summed E-state index contributed by atoms with van der Waals surface area (Å²) in [4.78, 5) is 15.9. The van der Waals surface area contributed by atoms with Crippen molar-refractivity contribution in [2.45, 2.75) is 88.4 Å². The standard InChI is InChI=1S/C35H45ClN2O5S/c1-3-4-10-33-23(2)7-5-9-31(39)28-14-11-26(28)20-38-21-35(17-6-8-24-18-27(36)13-15-29(24)35)22-43-32-16-12-25(19-30(32)38)34(40)37-44(33,41)42/h5,9,12-13,15-16,18-19,23,26,28,31,33,39H,3-4,6-8,10-11,14,17,20-22H2,1-2H3,(H,37,40)/b9-5+/t23-,26-,28+,31-,33+,35-/m0/s1. The largest absolute Gasteiger partial charge is 0.490 e. The van der Waals surface area contributed by atoms with Crippen molar-refractivity contribution in [2.24, 2.45) is 17.8 Å². The van der Waals surface area contributed by atoms with E-state index in [-0.39, 0.29) is 23.2 Å². The number of fused-ring (bicyclic) bond motifs is 4. The molecular weight excluding hydrogens is 596 g/mol. The fourth-order valence-corrected chi connectivity index (χ4v) is 9.87. The maximum absolute atomic E-state index is 13.6. The lowest BCUT2D eigenvalue weighted by Crippen LogP contribution is -2.49. The lowest BCUT2D eigenvalue weighted by molar-refractivity contribution is 0.0455. The molecule has 6 rings (SSSR count). The zero-order valence-corrected chi connectivity index (χ0v) is 27.4. The number of aryl methyl sites for hydroxylation is 1. The zero-order valence-electron chi connectivity index (χ0n) is 25.8. The predicted octanol–water partition coefficient (Wildman–Crippen LogP) is 6.41. The summed E-state index contributed by atoms with van der Waals surface area (Å²) in [6, 6.07) is 11.5. The van der Waals surface area contributed by atoms with E-state index in [1.165, 1.54) is 11.1 Å². The first-order valence-electron chi connectivity index (χ1n) is 16.3. The van der Waals surface area contributed by atoms with Crippen LogP contribution >= 0.6 is 11.6 Å². The maximum atomic E-state index is 13.6. The summed E-state index contributed by atoms with van der Waals surface area (Å²) in [6.45, 7) is 5.87. The van der Waals surface area contributed by atoms with Crippen molar-refractivity contribution in [1.82, 2.24) is 4.72 Å². The van der Waals surface area contributed by atoms with E-state index < -0.39 is 27.3 Å². The number of aliphatic hydroxyl groups is 1. The Morgan fingerprint density at radius 2 is 2.02 bits per heavy atom. The van der Waals surface area contributed by atoms with Crippen LogP contribution in [-0.2, 0) is 21.9 Å². The van der Waals surface area contributed by atoms with Gasteiger partial charge in [-0.15, -0.1) is 0 Å².